The van der Waals surface area contributed by atoms with Crippen LogP contribution in [-0.4, -0.2) is 43.2 Å². The number of morpholine rings is 1. The number of hydrogen-bond donors (Lipinski definition) is 2. The lowest BCUT2D eigenvalue weighted by molar-refractivity contribution is -0.131. The van der Waals surface area contributed by atoms with E-state index in [1.54, 1.807) is 11.3 Å². The standard InChI is InChI=1S/C11H16BrN3O2S/c12-7-3-10(18-6-7)8(4-13)15-1-2-17-5-9(15)11(14)16/h3,6,8-9H,1-2,4-5,13H2,(H2,14,16). The van der Waals surface area contributed by atoms with Crippen molar-refractivity contribution in [1.29, 1.82) is 0 Å². The molecule has 0 spiro atoms. The SMILES string of the molecule is NCC(c1cc(Br)cs1)N1CCOCC1C(N)=O. The highest BCUT2D eigenvalue weighted by Gasteiger charge is 2.33. The van der Waals surface area contributed by atoms with Gasteiger partial charge in [0.1, 0.15) is 6.04 Å². The van der Waals surface area contributed by atoms with Gasteiger partial charge < -0.3 is 16.2 Å². The molecule has 2 unspecified atom stereocenters. The third-order valence-corrected chi connectivity index (χ3v) is 4.83. The predicted octanol–water partition coefficient (Wildman–Crippen LogP) is 0.697. The summed E-state index contributed by atoms with van der Waals surface area (Å²) < 4.78 is 6.35. The van der Waals surface area contributed by atoms with Crippen LogP contribution in [0.1, 0.15) is 10.9 Å². The Morgan fingerprint density at radius 2 is 2.50 bits per heavy atom. The molecule has 4 N–H and O–H groups in total. The number of rotatable bonds is 4. The molecule has 1 fully saturated rings. The van der Waals surface area contributed by atoms with Crippen molar-refractivity contribution in [2.24, 2.45) is 11.5 Å². The predicted molar refractivity (Wildman–Crippen MR) is 74.3 cm³/mol. The fourth-order valence-electron chi connectivity index (χ4n) is 2.15. The Bertz CT molecular complexity index is 426. The molecule has 2 atom stereocenters. The average molecular weight is 334 g/mol. The quantitative estimate of drug-likeness (QED) is 0.849. The van der Waals surface area contributed by atoms with Gasteiger partial charge in [0, 0.05) is 27.8 Å². The van der Waals surface area contributed by atoms with Gasteiger partial charge in [-0.1, -0.05) is 0 Å². The lowest BCUT2D eigenvalue weighted by Crippen LogP contribution is -2.54. The summed E-state index contributed by atoms with van der Waals surface area (Å²) in [5, 5.41) is 2.01. The van der Waals surface area contributed by atoms with Crippen LogP contribution in [0.5, 0.6) is 0 Å². The number of nitrogens with two attached hydrogens (primary N) is 2. The summed E-state index contributed by atoms with van der Waals surface area (Å²) >= 11 is 5.06. The Labute approximate surface area is 118 Å². The number of primary amides is 1. The number of ether oxygens (including phenoxy) is 1. The van der Waals surface area contributed by atoms with Crippen LogP contribution in [0.15, 0.2) is 15.9 Å². The number of amides is 1. The maximum atomic E-state index is 11.5. The average Bonchev–Trinajstić information content (AvgIpc) is 2.77. The second kappa shape index (κ2) is 6.12. The first-order chi connectivity index (χ1) is 8.63. The van der Waals surface area contributed by atoms with Gasteiger partial charge in [0.15, 0.2) is 0 Å². The molecule has 100 valence electrons. The zero-order valence-electron chi connectivity index (χ0n) is 9.84. The number of hydrogen-bond acceptors (Lipinski definition) is 5. The number of nitrogens with zero attached hydrogens (tertiary/aromatic N) is 1. The first-order valence-corrected chi connectivity index (χ1v) is 7.37. The molecule has 1 saturated heterocycles. The second-order valence-electron chi connectivity index (χ2n) is 4.15. The topological polar surface area (TPSA) is 81.6 Å². The van der Waals surface area contributed by atoms with E-state index in [4.69, 9.17) is 16.2 Å². The molecule has 5 nitrogen and oxygen atoms in total. The normalized spacial score (nSPS) is 22.9. The lowest BCUT2D eigenvalue weighted by Gasteiger charge is -2.38. The van der Waals surface area contributed by atoms with Crippen LogP contribution in [0.4, 0.5) is 0 Å². The molecule has 2 heterocycles. The monoisotopic (exact) mass is 333 g/mol. The first kappa shape index (κ1) is 14.0. The van der Waals surface area contributed by atoms with Crippen molar-refractivity contribution in [3.63, 3.8) is 0 Å². The van der Waals surface area contributed by atoms with E-state index in [1.165, 1.54) is 0 Å². The molecule has 7 heteroatoms. The fourth-order valence-corrected chi connectivity index (χ4v) is 3.73. The van der Waals surface area contributed by atoms with Gasteiger partial charge >= 0.3 is 0 Å². The molecule has 0 bridgehead atoms. The Morgan fingerprint density at radius 3 is 3.06 bits per heavy atom. The molecular formula is C11H16BrN3O2S. The van der Waals surface area contributed by atoms with E-state index in [9.17, 15) is 4.79 Å². The molecule has 0 radical (unpaired) electrons. The van der Waals surface area contributed by atoms with Crippen molar-refractivity contribution in [1.82, 2.24) is 4.90 Å². The van der Waals surface area contributed by atoms with Crippen molar-refractivity contribution in [3.8, 4) is 0 Å². The van der Waals surface area contributed by atoms with E-state index < -0.39 is 6.04 Å². The lowest BCUT2D eigenvalue weighted by atomic mass is 10.1. The highest BCUT2D eigenvalue weighted by Crippen LogP contribution is 2.30. The fraction of sp³-hybridized carbons (Fsp3) is 0.545. The van der Waals surface area contributed by atoms with Gasteiger partial charge in [0.05, 0.1) is 19.3 Å². The zero-order valence-corrected chi connectivity index (χ0v) is 12.2. The smallest absolute Gasteiger partial charge is 0.237 e. The summed E-state index contributed by atoms with van der Waals surface area (Å²) in [5.41, 5.74) is 11.3. The summed E-state index contributed by atoms with van der Waals surface area (Å²) in [4.78, 5) is 14.7. The van der Waals surface area contributed by atoms with Gasteiger partial charge in [-0.15, -0.1) is 11.3 Å². The van der Waals surface area contributed by atoms with Gasteiger partial charge in [0.2, 0.25) is 5.91 Å². The molecule has 1 aliphatic heterocycles. The molecular weight excluding hydrogens is 318 g/mol. The van der Waals surface area contributed by atoms with Gasteiger partial charge in [-0.25, -0.2) is 0 Å². The van der Waals surface area contributed by atoms with Crippen LogP contribution in [0, 0.1) is 0 Å². The minimum Gasteiger partial charge on any atom is -0.378 e. The highest BCUT2D eigenvalue weighted by atomic mass is 79.9. The van der Waals surface area contributed by atoms with Crippen LogP contribution >= 0.6 is 27.3 Å². The molecule has 1 aromatic rings. The minimum absolute atomic E-state index is 0.0164. The van der Waals surface area contributed by atoms with E-state index >= 15 is 0 Å². The van der Waals surface area contributed by atoms with Crippen molar-refractivity contribution < 1.29 is 9.53 Å². The summed E-state index contributed by atoms with van der Waals surface area (Å²) in [6.45, 7) is 2.08. The van der Waals surface area contributed by atoms with Crippen LogP contribution in [0.3, 0.4) is 0 Å². The molecule has 0 aliphatic carbocycles. The molecule has 1 aliphatic rings. The second-order valence-corrected chi connectivity index (χ2v) is 6.01. The minimum atomic E-state index is -0.395. The van der Waals surface area contributed by atoms with Crippen LogP contribution < -0.4 is 11.5 Å². The Balaban J connectivity index is 2.22. The van der Waals surface area contributed by atoms with Crippen molar-refractivity contribution in [2.45, 2.75) is 12.1 Å². The van der Waals surface area contributed by atoms with E-state index in [0.29, 0.717) is 26.3 Å². The summed E-state index contributed by atoms with van der Waals surface area (Å²) in [6, 6.07) is 1.66. The number of thiophene rings is 1. The number of halogens is 1. The van der Waals surface area contributed by atoms with E-state index in [1.807, 2.05) is 16.3 Å². The van der Waals surface area contributed by atoms with Crippen molar-refractivity contribution in [2.75, 3.05) is 26.3 Å². The first-order valence-electron chi connectivity index (χ1n) is 5.70. The zero-order chi connectivity index (χ0) is 13.1. The van der Waals surface area contributed by atoms with E-state index in [-0.39, 0.29) is 11.9 Å². The molecule has 0 aromatic carbocycles. The van der Waals surface area contributed by atoms with E-state index in [2.05, 4.69) is 15.9 Å². The maximum Gasteiger partial charge on any atom is 0.237 e. The highest BCUT2D eigenvalue weighted by molar-refractivity contribution is 9.10. The van der Waals surface area contributed by atoms with Gasteiger partial charge in [-0.05, 0) is 22.0 Å². The van der Waals surface area contributed by atoms with E-state index in [0.717, 1.165) is 9.35 Å². The Hall–Kier alpha value is -0.470. The summed E-state index contributed by atoms with van der Waals surface area (Å²) in [7, 11) is 0. The third kappa shape index (κ3) is 2.92. The summed E-state index contributed by atoms with van der Waals surface area (Å²) in [6.07, 6.45) is 0. The van der Waals surface area contributed by atoms with Gasteiger partial charge in [-0.3, -0.25) is 9.69 Å². The molecule has 1 aromatic heterocycles. The largest absolute Gasteiger partial charge is 0.378 e. The Kier molecular flexibility index (Phi) is 4.74. The summed E-state index contributed by atoms with van der Waals surface area (Å²) in [5.74, 6) is -0.358. The van der Waals surface area contributed by atoms with Crippen LogP contribution in [-0.2, 0) is 9.53 Å². The van der Waals surface area contributed by atoms with Crippen molar-refractivity contribution >= 4 is 33.2 Å². The van der Waals surface area contributed by atoms with Gasteiger partial charge in [0.25, 0.3) is 0 Å². The number of carbonyl (C=O) groups is 1. The maximum absolute atomic E-state index is 11.5. The third-order valence-electron chi connectivity index (χ3n) is 3.04. The van der Waals surface area contributed by atoms with Crippen molar-refractivity contribution in [3.05, 3.63) is 20.8 Å². The van der Waals surface area contributed by atoms with Crippen LogP contribution in [0.2, 0.25) is 0 Å². The molecule has 2 rings (SSSR count). The molecule has 18 heavy (non-hydrogen) atoms. The molecule has 0 saturated carbocycles. The van der Waals surface area contributed by atoms with Gasteiger partial charge in [-0.2, -0.15) is 0 Å². The van der Waals surface area contributed by atoms with Crippen LogP contribution in [0.25, 0.3) is 0 Å². The Morgan fingerprint density at radius 1 is 1.72 bits per heavy atom. The number of carbonyl (C=O) groups excluding carboxylic acids is 1. The molecule has 1 amide bonds.